The average Bonchev–Trinajstić information content (AvgIpc) is 3.17. The van der Waals surface area contributed by atoms with Gasteiger partial charge in [-0.2, -0.15) is 0 Å². The Morgan fingerprint density at radius 3 is 2.43 bits per heavy atom. The largest absolute Gasteiger partial charge is 0.478 e. The quantitative estimate of drug-likeness (QED) is 0.579. The molecule has 0 spiro atoms. The minimum atomic E-state index is -0.960. The summed E-state index contributed by atoms with van der Waals surface area (Å²) in [5, 5.41) is 12.1. The van der Waals surface area contributed by atoms with Gasteiger partial charge in [-0.3, -0.25) is 4.79 Å². The lowest BCUT2D eigenvalue weighted by Crippen LogP contribution is -2.28. The van der Waals surface area contributed by atoms with Crippen molar-refractivity contribution in [1.29, 1.82) is 0 Å². The first-order valence-corrected chi connectivity index (χ1v) is 10.4. The van der Waals surface area contributed by atoms with Gasteiger partial charge in [0.15, 0.2) is 0 Å². The summed E-state index contributed by atoms with van der Waals surface area (Å²) in [5.74, 6) is -0.300. The molecule has 7 nitrogen and oxygen atoms in total. The third-order valence-corrected chi connectivity index (χ3v) is 5.71. The Morgan fingerprint density at radius 1 is 1.07 bits per heavy atom. The van der Waals surface area contributed by atoms with E-state index >= 15 is 0 Å². The molecule has 1 aliphatic carbocycles. The van der Waals surface area contributed by atoms with Crippen LogP contribution in [0.15, 0.2) is 42.5 Å². The Hall–Kier alpha value is -3.19. The number of carbonyl (C=O) groups is 2. The summed E-state index contributed by atoms with van der Waals surface area (Å²) in [4.78, 5) is 28.4. The maximum atomic E-state index is 12.2. The maximum Gasteiger partial charge on any atom is 0.335 e. The Bertz CT molecular complexity index is 1070. The van der Waals surface area contributed by atoms with Crippen molar-refractivity contribution in [3.05, 3.63) is 53.6 Å². The monoisotopic (exact) mass is 406 g/mol. The number of carboxylic acids is 1. The number of aromatic nitrogens is 2. The number of hydrogen-bond donors (Lipinski definition) is 3. The predicted molar refractivity (Wildman–Crippen MR) is 116 cm³/mol. The fourth-order valence-electron chi connectivity index (χ4n) is 4.20. The standard InChI is InChI=1S/C23H26N4O3/c24-12-13-25-22(28)16-8-6-15(7-9-16)21-26-19-14-17(23(29)30)10-11-20(19)27(21)18-4-2-1-3-5-18/h6-11,14,18H,1-5,12-13,24H2,(H,25,28)(H,29,30). The van der Waals surface area contributed by atoms with Crippen molar-refractivity contribution in [2.24, 2.45) is 5.73 Å². The molecule has 1 amide bonds. The Balaban J connectivity index is 1.76. The minimum absolute atomic E-state index is 0.154. The van der Waals surface area contributed by atoms with Crippen molar-refractivity contribution in [2.75, 3.05) is 13.1 Å². The van der Waals surface area contributed by atoms with E-state index in [-0.39, 0.29) is 11.5 Å². The van der Waals surface area contributed by atoms with Crippen molar-refractivity contribution in [1.82, 2.24) is 14.9 Å². The first kappa shape index (κ1) is 20.1. The molecule has 0 unspecified atom stereocenters. The van der Waals surface area contributed by atoms with Crippen LogP contribution in [0.5, 0.6) is 0 Å². The van der Waals surface area contributed by atoms with Crippen molar-refractivity contribution < 1.29 is 14.7 Å². The number of carbonyl (C=O) groups excluding carboxylic acids is 1. The molecule has 0 radical (unpaired) electrons. The van der Waals surface area contributed by atoms with Gasteiger partial charge in [0.25, 0.3) is 5.91 Å². The highest BCUT2D eigenvalue weighted by Gasteiger charge is 2.23. The van der Waals surface area contributed by atoms with Crippen LogP contribution in [0.4, 0.5) is 0 Å². The van der Waals surface area contributed by atoms with Crippen LogP contribution >= 0.6 is 0 Å². The average molecular weight is 406 g/mol. The van der Waals surface area contributed by atoms with E-state index in [0.717, 1.165) is 29.7 Å². The summed E-state index contributed by atoms with van der Waals surface area (Å²) in [6.45, 7) is 0.831. The molecule has 1 saturated carbocycles. The first-order valence-electron chi connectivity index (χ1n) is 10.4. The third-order valence-electron chi connectivity index (χ3n) is 5.71. The number of nitrogens with zero attached hydrogens (tertiary/aromatic N) is 2. The number of amides is 1. The van der Waals surface area contributed by atoms with Crippen LogP contribution in [-0.2, 0) is 0 Å². The van der Waals surface area contributed by atoms with Crippen LogP contribution in [0, 0.1) is 0 Å². The highest BCUT2D eigenvalue weighted by atomic mass is 16.4. The summed E-state index contributed by atoms with van der Waals surface area (Å²) >= 11 is 0. The maximum absolute atomic E-state index is 12.2. The Kier molecular flexibility index (Phi) is 5.81. The molecule has 0 aliphatic heterocycles. The zero-order valence-corrected chi connectivity index (χ0v) is 16.8. The van der Waals surface area contributed by atoms with E-state index in [4.69, 9.17) is 10.7 Å². The number of aromatic carboxylic acids is 1. The summed E-state index contributed by atoms with van der Waals surface area (Å²) in [7, 11) is 0. The van der Waals surface area contributed by atoms with Crippen LogP contribution < -0.4 is 11.1 Å². The van der Waals surface area contributed by atoms with Crippen LogP contribution in [0.2, 0.25) is 0 Å². The van der Waals surface area contributed by atoms with Gasteiger partial charge in [0.1, 0.15) is 5.82 Å². The molecule has 156 valence electrons. The molecule has 1 heterocycles. The first-order chi connectivity index (χ1) is 14.6. The van der Waals surface area contributed by atoms with Gasteiger partial charge in [0, 0.05) is 30.3 Å². The van der Waals surface area contributed by atoms with Crippen molar-refractivity contribution in [3.63, 3.8) is 0 Å². The molecule has 4 rings (SSSR count). The number of fused-ring (bicyclic) bond motifs is 1. The van der Waals surface area contributed by atoms with Gasteiger partial charge in [-0.25, -0.2) is 9.78 Å². The van der Waals surface area contributed by atoms with Gasteiger partial charge in [-0.1, -0.05) is 31.4 Å². The highest BCUT2D eigenvalue weighted by molar-refractivity contribution is 5.95. The summed E-state index contributed by atoms with van der Waals surface area (Å²) < 4.78 is 2.25. The van der Waals surface area contributed by atoms with E-state index in [1.54, 1.807) is 24.3 Å². The molecule has 1 fully saturated rings. The van der Waals surface area contributed by atoms with E-state index in [9.17, 15) is 14.7 Å². The summed E-state index contributed by atoms with van der Waals surface area (Å²) in [6, 6.07) is 12.8. The molecule has 4 N–H and O–H groups in total. The number of hydrogen-bond acceptors (Lipinski definition) is 4. The summed E-state index contributed by atoms with van der Waals surface area (Å²) in [5.41, 5.74) is 8.78. The smallest absolute Gasteiger partial charge is 0.335 e. The Labute approximate surface area is 174 Å². The predicted octanol–water partition coefficient (Wildman–Crippen LogP) is 3.60. The Morgan fingerprint density at radius 2 is 1.77 bits per heavy atom. The van der Waals surface area contributed by atoms with Crippen molar-refractivity contribution in [3.8, 4) is 11.4 Å². The molecular weight excluding hydrogens is 380 g/mol. The topological polar surface area (TPSA) is 110 Å². The van der Waals surface area contributed by atoms with Crippen LogP contribution in [-0.4, -0.2) is 39.6 Å². The van der Waals surface area contributed by atoms with Crippen LogP contribution in [0.3, 0.4) is 0 Å². The minimum Gasteiger partial charge on any atom is -0.478 e. The lowest BCUT2D eigenvalue weighted by Gasteiger charge is -2.25. The van der Waals surface area contributed by atoms with E-state index in [1.165, 1.54) is 19.3 Å². The lowest BCUT2D eigenvalue weighted by molar-refractivity contribution is 0.0696. The molecule has 7 heteroatoms. The molecule has 2 aromatic carbocycles. The molecule has 0 bridgehead atoms. The fourth-order valence-corrected chi connectivity index (χ4v) is 4.20. The van der Waals surface area contributed by atoms with E-state index in [1.807, 2.05) is 18.2 Å². The number of benzene rings is 2. The van der Waals surface area contributed by atoms with E-state index in [2.05, 4.69) is 9.88 Å². The molecule has 1 aliphatic rings. The van der Waals surface area contributed by atoms with Gasteiger partial charge in [-0.05, 0) is 43.2 Å². The van der Waals surface area contributed by atoms with Gasteiger partial charge in [0.2, 0.25) is 0 Å². The number of nitrogens with one attached hydrogen (secondary N) is 1. The fraction of sp³-hybridized carbons (Fsp3) is 0.348. The second kappa shape index (κ2) is 8.67. The molecule has 3 aromatic rings. The number of rotatable bonds is 6. The number of nitrogens with two attached hydrogens (primary N) is 1. The third kappa shape index (κ3) is 3.93. The van der Waals surface area contributed by atoms with Crippen LogP contribution in [0.25, 0.3) is 22.4 Å². The second-order valence-electron chi connectivity index (χ2n) is 7.73. The molecule has 1 aromatic heterocycles. The van der Waals surface area contributed by atoms with Crippen molar-refractivity contribution in [2.45, 2.75) is 38.1 Å². The summed E-state index contributed by atoms with van der Waals surface area (Å²) in [6.07, 6.45) is 5.76. The zero-order chi connectivity index (χ0) is 21.1. The molecule has 0 atom stereocenters. The SMILES string of the molecule is NCCNC(=O)c1ccc(-c2nc3cc(C(=O)O)ccc3n2C2CCCCC2)cc1. The van der Waals surface area contributed by atoms with Gasteiger partial charge >= 0.3 is 5.97 Å². The van der Waals surface area contributed by atoms with E-state index in [0.29, 0.717) is 30.2 Å². The van der Waals surface area contributed by atoms with Gasteiger partial charge in [0.05, 0.1) is 16.6 Å². The van der Waals surface area contributed by atoms with Crippen LogP contribution in [0.1, 0.15) is 58.9 Å². The lowest BCUT2D eigenvalue weighted by atomic mass is 9.94. The van der Waals surface area contributed by atoms with Crippen molar-refractivity contribution >= 4 is 22.9 Å². The van der Waals surface area contributed by atoms with Gasteiger partial charge in [-0.15, -0.1) is 0 Å². The normalized spacial score (nSPS) is 14.7. The molecule has 30 heavy (non-hydrogen) atoms. The molecule has 0 saturated heterocycles. The molecular formula is C23H26N4O3. The van der Waals surface area contributed by atoms with Gasteiger partial charge < -0.3 is 20.7 Å². The van der Waals surface area contributed by atoms with E-state index < -0.39 is 5.97 Å². The highest BCUT2D eigenvalue weighted by Crippen LogP contribution is 2.36. The number of carboxylic acid groups (broad SMARTS) is 1. The second-order valence-corrected chi connectivity index (χ2v) is 7.73. The zero-order valence-electron chi connectivity index (χ0n) is 16.8. The number of imidazole rings is 1.